The number of hydrogen-bond acceptors (Lipinski definition) is 5. The molecule has 1 fully saturated rings. The number of allylic oxidation sites excluding steroid dienone is 1. The molecule has 5 nitrogen and oxygen atoms in total. The standard InChI is InChI=1S/C20H24N2O3S/c1-13-9-15-10-16(5-6-17(15)25-13)24-11-18-14(2)22(12-26-18)20(7-4-8-20)19(23)21-3/h5-6,9-10H,4,7-8,11-12H2,1-3H3,(H,21,23). The molecule has 0 atom stereocenters. The summed E-state index contributed by atoms with van der Waals surface area (Å²) < 4.78 is 11.6. The Bertz CT molecular complexity index is 882. The molecular formula is C20H24N2O3S. The summed E-state index contributed by atoms with van der Waals surface area (Å²) in [6.45, 7) is 4.57. The van der Waals surface area contributed by atoms with Crippen molar-refractivity contribution in [2.75, 3.05) is 19.5 Å². The highest BCUT2D eigenvalue weighted by Gasteiger charge is 2.50. The van der Waals surface area contributed by atoms with Crippen LogP contribution in [0.5, 0.6) is 5.75 Å². The van der Waals surface area contributed by atoms with E-state index >= 15 is 0 Å². The molecule has 1 aromatic carbocycles. The van der Waals surface area contributed by atoms with Gasteiger partial charge in [0.25, 0.3) is 0 Å². The van der Waals surface area contributed by atoms with Crippen LogP contribution in [0.3, 0.4) is 0 Å². The Morgan fingerprint density at radius 2 is 2.15 bits per heavy atom. The maximum atomic E-state index is 12.4. The summed E-state index contributed by atoms with van der Waals surface area (Å²) in [4.78, 5) is 15.9. The predicted octanol–water partition coefficient (Wildman–Crippen LogP) is 4.03. The molecule has 1 N–H and O–H groups in total. The first kappa shape index (κ1) is 17.3. The van der Waals surface area contributed by atoms with Gasteiger partial charge in [0, 0.05) is 23.0 Å². The normalized spacial score (nSPS) is 19.0. The molecular weight excluding hydrogens is 348 g/mol. The molecule has 138 valence electrons. The maximum absolute atomic E-state index is 12.4. The van der Waals surface area contributed by atoms with Crippen LogP contribution in [0.4, 0.5) is 0 Å². The van der Waals surface area contributed by atoms with Crippen molar-refractivity contribution in [1.29, 1.82) is 0 Å². The number of amides is 1. The Labute approximate surface area is 157 Å². The van der Waals surface area contributed by atoms with Gasteiger partial charge in [0.05, 0.1) is 5.88 Å². The third-order valence-electron chi connectivity index (χ3n) is 5.50. The number of furan rings is 1. The van der Waals surface area contributed by atoms with Crippen molar-refractivity contribution in [2.24, 2.45) is 0 Å². The average molecular weight is 372 g/mol. The van der Waals surface area contributed by atoms with Crippen LogP contribution in [0.1, 0.15) is 31.9 Å². The molecule has 0 spiro atoms. The van der Waals surface area contributed by atoms with Gasteiger partial charge in [-0.25, -0.2) is 0 Å². The summed E-state index contributed by atoms with van der Waals surface area (Å²) >= 11 is 1.77. The number of carbonyl (C=O) groups excluding carboxylic acids is 1. The van der Waals surface area contributed by atoms with Crippen LogP contribution in [0.25, 0.3) is 11.0 Å². The first-order chi connectivity index (χ1) is 12.5. The summed E-state index contributed by atoms with van der Waals surface area (Å²) in [5, 5.41) is 3.90. The van der Waals surface area contributed by atoms with Gasteiger partial charge in [-0.15, -0.1) is 11.8 Å². The van der Waals surface area contributed by atoms with Crippen LogP contribution in [0.2, 0.25) is 0 Å². The van der Waals surface area contributed by atoms with Crippen molar-refractivity contribution in [3.63, 3.8) is 0 Å². The lowest BCUT2D eigenvalue weighted by Gasteiger charge is -2.48. The first-order valence-corrected chi connectivity index (χ1v) is 9.97. The number of likely N-dealkylation sites (N-methyl/N-ethyl adjacent to an activating group) is 1. The van der Waals surface area contributed by atoms with Crippen LogP contribution in [0.15, 0.2) is 39.3 Å². The van der Waals surface area contributed by atoms with Crippen LogP contribution < -0.4 is 10.1 Å². The highest BCUT2D eigenvalue weighted by molar-refractivity contribution is 8.03. The first-order valence-electron chi connectivity index (χ1n) is 8.99. The Balaban J connectivity index is 1.49. The minimum absolute atomic E-state index is 0.131. The molecule has 0 saturated heterocycles. The fourth-order valence-corrected chi connectivity index (χ4v) is 5.03. The second-order valence-corrected chi connectivity index (χ2v) is 8.06. The third-order valence-corrected chi connectivity index (χ3v) is 6.65. The smallest absolute Gasteiger partial charge is 0.245 e. The number of thioether (sulfide) groups is 1. The van der Waals surface area contributed by atoms with E-state index in [1.165, 1.54) is 10.6 Å². The second-order valence-electron chi connectivity index (χ2n) is 7.02. The van der Waals surface area contributed by atoms with Gasteiger partial charge in [-0.1, -0.05) is 0 Å². The molecule has 1 amide bonds. The largest absolute Gasteiger partial charge is 0.488 e. The van der Waals surface area contributed by atoms with Crippen molar-refractivity contribution in [2.45, 2.75) is 38.6 Å². The Morgan fingerprint density at radius 3 is 2.85 bits per heavy atom. The van der Waals surface area contributed by atoms with Gasteiger partial charge in [0.2, 0.25) is 5.91 Å². The third kappa shape index (κ3) is 2.76. The van der Waals surface area contributed by atoms with Gasteiger partial charge >= 0.3 is 0 Å². The van der Waals surface area contributed by atoms with Crippen LogP contribution >= 0.6 is 11.8 Å². The molecule has 1 saturated carbocycles. The molecule has 2 heterocycles. The van der Waals surface area contributed by atoms with Crippen molar-refractivity contribution in [3.05, 3.63) is 40.6 Å². The second kappa shape index (κ2) is 6.58. The van der Waals surface area contributed by atoms with E-state index in [0.717, 1.165) is 47.6 Å². The van der Waals surface area contributed by atoms with E-state index in [4.69, 9.17) is 9.15 Å². The highest BCUT2D eigenvalue weighted by Crippen LogP contribution is 2.46. The van der Waals surface area contributed by atoms with Crippen molar-refractivity contribution < 1.29 is 13.9 Å². The van der Waals surface area contributed by atoms with Crippen LogP contribution in [0, 0.1) is 6.92 Å². The van der Waals surface area contributed by atoms with E-state index in [0.29, 0.717) is 6.61 Å². The van der Waals surface area contributed by atoms with E-state index in [-0.39, 0.29) is 11.4 Å². The Morgan fingerprint density at radius 1 is 1.35 bits per heavy atom. The topological polar surface area (TPSA) is 54.7 Å². The number of carbonyl (C=O) groups is 1. The number of benzene rings is 1. The van der Waals surface area contributed by atoms with Gasteiger partial charge in [0.1, 0.15) is 29.2 Å². The minimum Gasteiger partial charge on any atom is -0.488 e. The quantitative estimate of drug-likeness (QED) is 0.859. The SMILES string of the molecule is CNC(=O)C1(N2CSC(COc3ccc4oc(C)cc4c3)=C2C)CCC1. The molecule has 2 aromatic rings. The van der Waals surface area contributed by atoms with E-state index in [1.807, 2.05) is 31.2 Å². The molecule has 0 bridgehead atoms. The number of ether oxygens (including phenoxy) is 1. The zero-order chi connectivity index (χ0) is 18.3. The molecule has 1 aliphatic carbocycles. The maximum Gasteiger partial charge on any atom is 0.245 e. The molecule has 2 aliphatic rings. The van der Waals surface area contributed by atoms with Crippen LogP contribution in [-0.2, 0) is 4.79 Å². The summed E-state index contributed by atoms with van der Waals surface area (Å²) in [5.74, 6) is 2.68. The molecule has 0 radical (unpaired) electrons. The summed E-state index contributed by atoms with van der Waals surface area (Å²) in [6.07, 6.45) is 2.96. The van der Waals surface area contributed by atoms with Gasteiger partial charge in [-0.2, -0.15) is 0 Å². The Kier molecular flexibility index (Phi) is 4.39. The van der Waals surface area contributed by atoms with Crippen molar-refractivity contribution >= 4 is 28.6 Å². The molecule has 6 heteroatoms. The number of hydrogen-bond donors (Lipinski definition) is 1. The number of rotatable bonds is 5. The minimum atomic E-state index is -0.360. The number of nitrogens with zero attached hydrogens (tertiary/aromatic N) is 1. The number of fused-ring (bicyclic) bond motifs is 1. The fourth-order valence-electron chi connectivity index (χ4n) is 3.84. The monoisotopic (exact) mass is 372 g/mol. The summed E-state index contributed by atoms with van der Waals surface area (Å²) in [6, 6.07) is 7.91. The molecule has 1 aliphatic heterocycles. The Hall–Kier alpha value is -2.08. The fraction of sp³-hybridized carbons (Fsp3) is 0.450. The summed E-state index contributed by atoms with van der Waals surface area (Å²) in [7, 11) is 1.72. The molecule has 4 rings (SSSR count). The van der Waals surface area contributed by atoms with E-state index in [2.05, 4.69) is 17.1 Å². The average Bonchev–Trinajstić information content (AvgIpc) is 3.14. The molecule has 0 unspecified atom stereocenters. The van der Waals surface area contributed by atoms with Crippen molar-refractivity contribution in [3.8, 4) is 5.75 Å². The highest BCUT2D eigenvalue weighted by atomic mass is 32.2. The predicted molar refractivity (Wildman–Crippen MR) is 104 cm³/mol. The van der Waals surface area contributed by atoms with Gasteiger partial charge in [-0.3, -0.25) is 4.79 Å². The summed E-state index contributed by atoms with van der Waals surface area (Å²) in [5.41, 5.74) is 1.68. The number of aryl methyl sites for hydroxylation is 1. The van der Waals surface area contributed by atoms with Crippen LogP contribution in [-0.4, -0.2) is 35.9 Å². The lowest BCUT2D eigenvalue weighted by Crippen LogP contribution is -2.61. The lowest BCUT2D eigenvalue weighted by atomic mass is 9.74. The van der Waals surface area contributed by atoms with E-state index in [1.54, 1.807) is 18.8 Å². The van der Waals surface area contributed by atoms with Gasteiger partial charge in [-0.05, 0) is 57.4 Å². The lowest BCUT2D eigenvalue weighted by molar-refractivity contribution is -0.136. The van der Waals surface area contributed by atoms with E-state index < -0.39 is 0 Å². The van der Waals surface area contributed by atoms with Gasteiger partial charge in [0.15, 0.2) is 0 Å². The molecule has 1 aromatic heterocycles. The zero-order valence-corrected chi connectivity index (χ0v) is 16.2. The van der Waals surface area contributed by atoms with Gasteiger partial charge < -0.3 is 19.4 Å². The molecule has 26 heavy (non-hydrogen) atoms. The zero-order valence-electron chi connectivity index (χ0n) is 15.4. The van der Waals surface area contributed by atoms with Crippen molar-refractivity contribution in [1.82, 2.24) is 10.2 Å². The number of nitrogens with one attached hydrogen (secondary N) is 1. The van der Waals surface area contributed by atoms with E-state index in [9.17, 15) is 4.79 Å².